The van der Waals surface area contributed by atoms with Crippen molar-refractivity contribution in [3.05, 3.63) is 155 Å². The van der Waals surface area contributed by atoms with Gasteiger partial charge in [0.15, 0.2) is 0 Å². The van der Waals surface area contributed by atoms with Crippen LogP contribution in [0.2, 0.25) is 0 Å². The van der Waals surface area contributed by atoms with Crippen molar-refractivity contribution in [1.82, 2.24) is 0 Å². The van der Waals surface area contributed by atoms with Crippen molar-refractivity contribution in [2.75, 3.05) is 13.2 Å². The van der Waals surface area contributed by atoms with Gasteiger partial charge in [0.2, 0.25) is 0 Å². The van der Waals surface area contributed by atoms with Crippen LogP contribution in [0.1, 0.15) is 35.6 Å². The van der Waals surface area contributed by atoms with Gasteiger partial charge in [-0.05, 0) is 28.7 Å². The van der Waals surface area contributed by atoms with Gasteiger partial charge in [-0.15, -0.1) is 0 Å². The van der Waals surface area contributed by atoms with Crippen molar-refractivity contribution in [2.45, 2.75) is 13.3 Å². The van der Waals surface area contributed by atoms with Crippen LogP contribution in [0.3, 0.4) is 0 Å². The maximum absolute atomic E-state index is 13.2. The summed E-state index contributed by atoms with van der Waals surface area (Å²) in [5, 5.41) is 20.0. The summed E-state index contributed by atoms with van der Waals surface area (Å²) in [5.74, 6) is -1.87. The molecule has 0 fully saturated rings. The van der Waals surface area contributed by atoms with E-state index in [1.807, 2.05) is 140 Å². The summed E-state index contributed by atoms with van der Waals surface area (Å²) in [7, 11) is 0. The third-order valence-electron chi connectivity index (χ3n) is 6.86. The predicted molar refractivity (Wildman–Crippen MR) is 165 cm³/mol. The molecule has 43 heavy (non-hydrogen) atoms. The maximum Gasteiger partial charge on any atom is 0.349 e. The van der Waals surface area contributed by atoms with Gasteiger partial charge in [0, 0.05) is 17.1 Å². The Morgan fingerprint density at radius 1 is 0.558 bits per heavy atom. The number of hydrogen-bond donors (Lipinski definition) is 0. The highest BCUT2D eigenvalue weighted by molar-refractivity contribution is 6.06. The number of rotatable bonds is 11. The summed E-state index contributed by atoms with van der Waals surface area (Å²) < 4.78 is 11.2. The van der Waals surface area contributed by atoms with Gasteiger partial charge >= 0.3 is 11.9 Å². The second-order valence-corrected chi connectivity index (χ2v) is 9.66. The Balaban J connectivity index is 1.52. The molecule has 4 aromatic carbocycles. The minimum Gasteiger partial charge on any atom is -0.461 e. The number of benzene rings is 4. The average Bonchev–Trinajstić information content (AvgIpc) is 3.07. The Morgan fingerprint density at radius 3 is 1.07 bits per heavy atom. The molecule has 0 aliphatic heterocycles. The maximum atomic E-state index is 13.2. The number of nitriles is 2. The molecule has 4 rings (SSSR count). The average molecular weight is 567 g/mol. The highest BCUT2D eigenvalue weighted by Crippen LogP contribution is 2.29. The molecule has 0 amide bonds. The van der Waals surface area contributed by atoms with Crippen molar-refractivity contribution >= 4 is 23.1 Å². The summed E-state index contributed by atoms with van der Waals surface area (Å²) in [6.07, 6.45) is 0.534. The zero-order chi connectivity index (χ0) is 30.4. The van der Waals surface area contributed by atoms with E-state index in [-0.39, 0.29) is 30.3 Å². The molecule has 0 aliphatic carbocycles. The van der Waals surface area contributed by atoms with Crippen molar-refractivity contribution < 1.29 is 19.1 Å². The molecule has 0 N–H and O–H groups in total. The Morgan fingerprint density at radius 2 is 0.837 bits per heavy atom. The van der Waals surface area contributed by atoms with Crippen LogP contribution in [-0.4, -0.2) is 25.2 Å². The van der Waals surface area contributed by atoms with Gasteiger partial charge in [0.05, 0.1) is 13.2 Å². The van der Waals surface area contributed by atoms with Crippen LogP contribution >= 0.6 is 0 Å². The molecule has 0 aliphatic rings. The van der Waals surface area contributed by atoms with Crippen LogP contribution < -0.4 is 0 Å². The van der Waals surface area contributed by atoms with Gasteiger partial charge in [-0.3, -0.25) is 0 Å². The quantitative estimate of drug-likeness (QED) is 0.109. The van der Waals surface area contributed by atoms with Crippen LogP contribution in [0.5, 0.6) is 0 Å². The van der Waals surface area contributed by atoms with E-state index in [1.165, 1.54) is 0 Å². The number of carbonyl (C=O) groups excluding carboxylic acids is 2. The lowest BCUT2D eigenvalue weighted by molar-refractivity contribution is -0.143. The highest BCUT2D eigenvalue weighted by Gasteiger charge is 2.24. The van der Waals surface area contributed by atoms with Gasteiger partial charge in [0.1, 0.15) is 23.3 Å². The summed E-state index contributed by atoms with van der Waals surface area (Å²) >= 11 is 0. The smallest absolute Gasteiger partial charge is 0.349 e. The number of ether oxygens (including phenoxy) is 2. The fourth-order valence-corrected chi connectivity index (χ4v) is 4.55. The molecule has 212 valence electrons. The second-order valence-electron chi connectivity index (χ2n) is 9.66. The molecule has 0 saturated carbocycles. The molecule has 0 bridgehead atoms. The van der Waals surface area contributed by atoms with Gasteiger partial charge in [-0.2, -0.15) is 10.5 Å². The fraction of sp³-hybridized carbons (Fsp3) is 0.135. The monoisotopic (exact) mass is 566 g/mol. The summed E-state index contributed by atoms with van der Waals surface area (Å²) in [6, 6.07) is 40.9. The number of hydrogen-bond acceptors (Lipinski definition) is 6. The van der Waals surface area contributed by atoms with E-state index in [2.05, 4.69) is 0 Å². The minimum atomic E-state index is -0.761. The third-order valence-corrected chi connectivity index (χ3v) is 6.86. The van der Waals surface area contributed by atoms with E-state index in [0.717, 1.165) is 0 Å². The normalized spacial score (nSPS) is 10.1. The second kappa shape index (κ2) is 15.3. The fourth-order valence-electron chi connectivity index (χ4n) is 4.55. The molecule has 4 aromatic rings. The zero-order valence-electron chi connectivity index (χ0n) is 23.8. The van der Waals surface area contributed by atoms with Gasteiger partial charge in [0.25, 0.3) is 0 Å². The number of esters is 2. The van der Waals surface area contributed by atoms with Crippen LogP contribution in [0, 0.1) is 28.6 Å². The first-order valence-corrected chi connectivity index (χ1v) is 13.9. The van der Waals surface area contributed by atoms with E-state index in [1.54, 1.807) is 0 Å². The molecule has 0 atom stereocenters. The highest BCUT2D eigenvalue weighted by atomic mass is 16.5. The zero-order valence-corrected chi connectivity index (χ0v) is 23.8. The Kier molecular flexibility index (Phi) is 10.8. The Labute approximate surface area is 251 Å². The Bertz CT molecular complexity index is 1470. The number of nitrogens with zero attached hydrogens (tertiary/aromatic N) is 2. The summed E-state index contributed by atoms with van der Waals surface area (Å²) in [5.41, 5.74) is 3.58. The van der Waals surface area contributed by atoms with Crippen molar-refractivity contribution in [3.8, 4) is 12.1 Å². The standard InChI is InChI=1S/C37H30N2O4/c1-2-27(25-42-36(40)32(23-38)34(28-15-7-3-8-16-28)29-17-9-4-10-18-29)26-43-37(41)33(24-39)35(30-19-11-5-12-20-30)31-21-13-6-14-22-31/h3-22,27H,2,25-26H2,1H3. The van der Waals surface area contributed by atoms with E-state index < -0.39 is 11.9 Å². The van der Waals surface area contributed by atoms with Crippen molar-refractivity contribution in [3.63, 3.8) is 0 Å². The van der Waals surface area contributed by atoms with E-state index in [0.29, 0.717) is 39.8 Å². The van der Waals surface area contributed by atoms with E-state index in [4.69, 9.17) is 9.47 Å². The molecule has 0 unspecified atom stereocenters. The molecule has 6 heteroatoms. The van der Waals surface area contributed by atoms with Crippen LogP contribution in [0.25, 0.3) is 11.1 Å². The molecule has 6 nitrogen and oxygen atoms in total. The first-order chi connectivity index (χ1) is 21.1. The lowest BCUT2D eigenvalue weighted by atomic mass is 9.93. The van der Waals surface area contributed by atoms with Gasteiger partial charge in [-0.25, -0.2) is 9.59 Å². The summed E-state index contributed by atoms with van der Waals surface area (Å²) in [6.45, 7) is 1.74. The molecule has 0 spiro atoms. The van der Waals surface area contributed by atoms with Crippen molar-refractivity contribution in [1.29, 1.82) is 10.5 Å². The van der Waals surface area contributed by atoms with Crippen molar-refractivity contribution in [2.24, 2.45) is 5.92 Å². The molecule has 0 aromatic heterocycles. The van der Waals surface area contributed by atoms with Gasteiger partial charge in [-0.1, -0.05) is 128 Å². The Hall–Kier alpha value is -5.72. The SMILES string of the molecule is CCC(COC(=O)C(C#N)=C(c1ccccc1)c1ccccc1)COC(=O)C(C#N)=C(c1ccccc1)c1ccccc1. The minimum absolute atomic E-state index is 0.0690. The first-order valence-electron chi connectivity index (χ1n) is 13.9. The third kappa shape index (κ3) is 7.73. The van der Waals surface area contributed by atoms with Gasteiger partial charge < -0.3 is 9.47 Å². The molecule has 0 saturated heterocycles. The molecule has 0 heterocycles. The van der Waals surface area contributed by atoms with E-state index >= 15 is 0 Å². The first kappa shape index (κ1) is 30.2. The molecular weight excluding hydrogens is 536 g/mol. The topological polar surface area (TPSA) is 100 Å². The molecule has 0 radical (unpaired) electrons. The summed E-state index contributed by atoms with van der Waals surface area (Å²) in [4.78, 5) is 26.4. The van der Waals surface area contributed by atoms with Crippen LogP contribution in [0.4, 0.5) is 0 Å². The lowest BCUT2D eigenvalue weighted by Gasteiger charge is -2.17. The van der Waals surface area contributed by atoms with Crippen LogP contribution in [0.15, 0.2) is 132 Å². The van der Waals surface area contributed by atoms with Crippen LogP contribution in [-0.2, 0) is 19.1 Å². The molecular formula is C37H30N2O4. The largest absolute Gasteiger partial charge is 0.461 e. The number of carbonyl (C=O) groups is 2. The predicted octanol–water partition coefficient (Wildman–Crippen LogP) is 7.15. The lowest BCUT2D eigenvalue weighted by Crippen LogP contribution is -2.22. The van der Waals surface area contributed by atoms with E-state index in [9.17, 15) is 20.1 Å².